The fourth-order valence-corrected chi connectivity index (χ4v) is 6.35. The van der Waals surface area contributed by atoms with Gasteiger partial charge in [-0.1, -0.05) is 54.8 Å². The van der Waals surface area contributed by atoms with Crippen molar-refractivity contribution < 1.29 is 14.3 Å². The van der Waals surface area contributed by atoms with Gasteiger partial charge in [0.1, 0.15) is 6.04 Å². The summed E-state index contributed by atoms with van der Waals surface area (Å²) >= 11 is 6.13. The zero-order chi connectivity index (χ0) is 23.5. The summed E-state index contributed by atoms with van der Waals surface area (Å²) in [6.07, 6.45) is 6.83. The van der Waals surface area contributed by atoms with E-state index in [1.54, 1.807) is 0 Å². The minimum absolute atomic E-state index is 0.0198. The first-order valence-corrected chi connectivity index (χ1v) is 12.9. The van der Waals surface area contributed by atoms with Crippen LogP contribution in [0.4, 0.5) is 0 Å². The monoisotopic (exact) mass is 480 g/mol. The van der Waals surface area contributed by atoms with E-state index >= 15 is 0 Å². The molecule has 2 aromatic carbocycles. The van der Waals surface area contributed by atoms with Gasteiger partial charge in [-0.05, 0) is 67.9 Å². The van der Waals surface area contributed by atoms with Crippen LogP contribution in [0.3, 0.4) is 0 Å². The lowest BCUT2D eigenvalue weighted by Gasteiger charge is -2.39. The van der Waals surface area contributed by atoms with Crippen LogP contribution in [0.5, 0.6) is 0 Å². The average molecular weight is 481 g/mol. The van der Waals surface area contributed by atoms with Crippen LogP contribution >= 0.6 is 11.6 Å². The number of rotatable bonds is 5. The molecule has 2 aromatic rings. The van der Waals surface area contributed by atoms with Gasteiger partial charge in [0.05, 0.1) is 0 Å². The van der Waals surface area contributed by atoms with E-state index in [-0.39, 0.29) is 23.3 Å². The second-order valence-electron chi connectivity index (χ2n) is 10.1. The molecule has 0 radical (unpaired) electrons. The third-order valence-electron chi connectivity index (χ3n) is 8.15. The SMILES string of the molecule is O=C(NCC1(c2ccc(Cl)cc2)CCOCC1)C1CC2CCCCC2N1C(=O)c1ccccc1. The number of carbonyl (C=O) groups excluding carboxylic acids is 2. The van der Waals surface area contributed by atoms with Gasteiger partial charge in [-0.15, -0.1) is 0 Å². The Bertz CT molecular complexity index is 1000. The highest BCUT2D eigenvalue weighted by Crippen LogP contribution is 2.41. The van der Waals surface area contributed by atoms with Crippen molar-refractivity contribution in [1.29, 1.82) is 0 Å². The molecule has 2 aliphatic heterocycles. The number of nitrogens with one attached hydrogen (secondary N) is 1. The minimum atomic E-state index is -0.414. The van der Waals surface area contributed by atoms with Crippen molar-refractivity contribution in [3.05, 3.63) is 70.7 Å². The molecule has 1 saturated carbocycles. The summed E-state index contributed by atoms with van der Waals surface area (Å²) in [5, 5.41) is 3.98. The van der Waals surface area contributed by atoms with Crippen LogP contribution < -0.4 is 5.32 Å². The molecule has 34 heavy (non-hydrogen) atoms. The maximum atomic E-state index is 13.6. The average Bonchev–Trinajstić information content (AvgIpc) is 3.28. The Kier molecular flexibility index (Phi) is 6.94. The van der Waals surface area contributed by atoms with Crippen LogP contribution in [-0.2, 0) is 14.9 Å². The van der Waals surface area contributed by atoms with Crippen LogP contribution in [0, 0.1) is 5.92 Å². The zero-order valence-electron chi connectivity index (χ0n) is 19.5. The van der Waals surface area contributed by atoms with Crippen molar-refractivity contribution in [1.82, 2.24) is 10.2 Å². The van der Waals surface area contributed by atoms with Crippen molar-refractivity contribution in [2.75, 3.05) is 19.8 Å². The van der Waals surface area contributed by atoms with Crippen molar-refractivity contribution >= 4 is 23.4 Å². The summed E-state index contributed by atoms with van der Waals surface area (Å²) in [5.41, 5.74) is 1.66. The molecule has 3 atom stereocenters. The van der Waals surface area contributed by atoms with E-state index in [1.807, 2.05) is 47.4 Å². The summed E-state index contributed by atoms with van der Waals surface area (Å²) in [5.74, 6) is 0.359. The maximum Gasteiger partial charge on any atom is 0.254 e. The molecule has 2 saturated heterocycles. The molecule has 1 aliphatic carbocycles. The Hall–Kier alpha value is -2.37. The van der Waals surface area contributed by atoms with Gasteiger partial charge >= 0.3 is 0 Å². The molecule has 2 amide bonds. The minimum Gasteiger partial charge on any atom is -0.381 e. The van der Waals surface area contributed by atoms with E-state index in [4.69, 9.17) is 16.3 Å². The fraction of sp³-hybridized carbons (Fsp3) is 0.500. The molecule has 180 valence electrons. The van der Waals surface area contributed by atoms with Crippen LogP contribution in [0.15, 0.2) is 54.6 Å². The molecule has 6 heteroatoms. The highest BCUT2D eigenvalue weighted by molar-refractivity contribution is 6.30. The third-order valence-corrected chi connectivity index (χ3v) is 8.41. The molecular weight excluding hydrogens is 448 g/mol. The van der Waals surface area contributed by atoms with Crippen LogP contribution in [0.25, 0.3) is 0 Å². The molecule has 0 aromatic heterocycles. The number of benzene rings is 2. The first-order valence-electron chi connectivity index (χ1n) is 12.6. The normalized spacial score (nSPS) is 26.0. The van der Waals surface area contributed by atoms with E-state index in [0.29, 0.717) is 36.3 Å². The predicted octanol–water partition coefficient (Wildman–Crippen LogP) is 4.98. The fourth-order valence-electron chi connectivity index (χ4n) is 6.22. The van der Waals surface area contributed by atoms with E-state index in [1.165, 1.54) is 12.0 Å². The number of nitrogens with zero attached hydrogens (tertiary/aromatic N) is 1. The molecule has 5 nitrogen and oxygen atoms in total. The van der Waals surface area contributed by atoms with Crippen molar-refractivity contribution in [3.63, 3.8) is 0 Å². The zero-order valence-corrected chi connectivity index (χ0v) is 20.3. The Morgan fingerprint density at radius 2 is 1.71 bits per heavy atom. The highest BCUT2D eigenvalue weighted by atomic mass is 35.5. The van der Waals surface area contributed by atoms with E-state index < -0.39 is 6.04 Å². The van der Waals surface area contributed by atoms with Gasteiger partial charge in [0.15, 0.2) is 0 Å². The largest absolute Gasteiger partial charge is 0.381 e. The summed E-state index contributed by atoms with van der Waals surface area (Å²) in [6.45, 7) is 1.88. The Balaban J connectivity index is 1.36. The number of halogens is 1. The van der Waals surface area contributed by atoms with Gasteiger partial charge in [-0.3, -0.25) is 9.59 Å². The predicted molar refractivity (Wildman–Crippen MR) is 133 cm³/mol. The topological polar surface area (TPSA) is 58.6 Å². The van der Waals surface area contributed by atoms with Gasteiger partial charge in [-0.2, -0.15) is 0 Å². The number of likely N-dealkylation sites (tertiary alicyclic amines) is 1. The molecule has 3 aliphatic rings. The van der Waals surface area contributed by atoms with Crippen LogP contribution in [0.2, 0.25) is 5.02 Å². The van der Waals surface area contributed by atoms with E-state index in [2.05, 4.69) is 17.4 Å². The lowest BCUT2D eigenvalue weighted by Crippen LogP contribution is -2.52. The Morgan fingerprint density at radius 3 is 2.44 bits per heavy atom. The van der Waals surface area contributed by atoms with E-state index in [9.17, 15) is 9.59 Å². The van der Waals surface area contributed by atoms with Gasteiger partial charge < -0.3 is 15.0 Å². The maximum absolute atomic E-state index is 13.6. The number of amides is 2. The second-order valence-corrected chi connectivity index (χ2v) is 10.5. The second kappa shape index (κ2) is 10.1. The van der Waals surface area contributed by atoms with Gasteiger partial charge in [0, 0.05) is 41.8 Å². The molecule has 2 heterocycles. The quantitative estimate of drug-likeness (QED) is 0.656. The van der Waals surface area contributed by atoms with Gasteiger partial charge in [0.2, 0.25) is 5.91 Å². The van der Waals surface area contributed by atoms with Crippen molar-refractivity contribution in [2.45, 2.75) is 62.4 Å². The summed E-state index contributed by atoms with van der Waals surface area (Å²) in [4.78, 5) is 29.1. The molecular formula is C28H33ClN2O3. The molecule has 0 spiro atoms. The summed E-state index contributed by atoms with van der Waals surface area (Å²) in [6, 6.07) is 17.1. The smallest absolute Gasteiger partial charge is 0.254 e. The number of fused-ring (bicyclic) bond motifs is 1. The summed E-state index contributed by atoms with van der Waals surface area (Å²) in [7, 11) is 0. The molecule has 0 bridgehead atoms. The first-order chi connectivity index (χ1) is 16.6. The number of hydrogen-bond acceptors (Lipinski definition) is 3. The number of ether oxygens (including phenoxy) is 1. The highest BCUT2D eigenvalue weighted by Gasteiger charge is 2.48. The summed E-state index contributed by atoms with van der Waals surface area (Å²) < 4.78 is 5.65. The molecule has 3 unspecified atom stereocenters. The molecule has 3 fully saturated rings. The Labute approximate surface area is 206 Å². The van der Waals surface area contributed by atoms with Gasteiger partial charge in [-0.25, -0.2) is 0 Å². The standard InChI is InChI=1S/C28H33ClN2O3/c29-23-12-10-22(11-13-23)28(14-16-34-17-15-28)19-30-26(32)25-18-21-8-4-5-9-24(21)31(25)27(33)20-6-2-1-3-7-20/h1-3,6-7,10-13,21,24-25H,4-5,8-9,14-19H2,(H,30,32). The van der Waals surface area contributed by atoms with E-state index in [0.717, 1.165) is 38.5 Å². The lowest BCUT2D eigenvalue weighted by atomic mass is 9.74. The Morgan fingerprint density at radius 1 is 1.00 bits per heavy atom. The van der Waals surface area contributed by atoms with Crippen molar-refractivity contribution in [2.24, 2.45) is 5.92 Å². The first kappa shape index (κ1) is 23.4. The number of hydrogen-bond donors (Lipinski definition) is 1. The van der Waals surface area contributed by atoms with Gasteiger partial charge in [0.25, 0.3) is 5.91 Å². The molecule has 5 rings (SSSR count). The van der Waals surface area contributed by atoms with Crippen LogP contribution in [-0.4, -0.2) is 48.6 Å². The van der Waals surface area contributed by atoms with Crippen LogP contribution in [0.1, 0.15) is 60.9 Å². The van der Waals surface area contributed by atoms with Crippen molar-refractivity contribution in [3.8, 4) is 0 Å². The third kappa shape index (κ3) is 4.60. The molecule has 1 N–H and O–H groups in total. The number of carbonyl (C=O) groups is 2. The lowest BCUT2D eigenvalue weighted by molar-refractivity contribution is -0.125.